The first-order chi connectivity index (χ1) is 12.2. The molecular formula is C21H24N2O2. The van der Waals surface area contributed by atoms with Crippen LogP contribution >= 0.6 is 0 Å². The Kier molecular flexibility index (Phi) is 5.74. The lowest BCUT2D eigenvalue weighted by Gasteiger charge is -2.36. The summed E-state index contributed by atoms with van der Waals surface area (Å²) in [6.45, 7) is 2.57. The Balaban J connectivity index is 1.80. The fourth-order valence-corrected chi connectivity index (χ4v) is 3.61. The van der Waals surface area contributed by atoms with Gasteiger partial charge in [0.15, 0.2) is 11.6 Å². The normalized spacial score (nSPS) is 21.0. The number of hydrogen-bond acceptors (Lipinski definition) is 4. The van der Waals surface area contributed by atoms with Crippen LogP contribution in [0.5, 0.6) is 0 Å². The number of carbonyl (C=O) groups is 2. The number of ketones is 2. The van der Waals surface area contributed by atoms with Gasteiger partial charge >= 0.3 is 0 Å². The van der Waals surface area contributed by atoms with Crippen molar-refractivity contribution < 1.29 is 9.59 Å². The number of carbonyl (C=O) groups excluding carboxylic acids is 2. The SMILES string of the molecule is NCCN1CC(C(=O)c2ccccc2)CC(C(=O)c2ccccc2)C1. The van der Waals surface area contributed by atoms with Gasteiger partial charge in [0.1, 0.15) is 0 Å². The molecule has 4 nitrogen and oxygen atoms in total. The highest BCUT2D eigenvalue weighted by Gasteiger charge is 2.35. The monoisotopic (exact) mass is 336 g/mol. The van der Waals surface area contributed by atoms with Crippen LogP contribution in [0.2, 0.25) is 0 Å². The van der Waals surface area contributed by atoms with Crippen LogP contribution in [-0.4, -0.2) is 42.6 Å². The molecule has 0 saturated carbocycles. The van der Waals surface area contributed by atoms with Gasteiger partial charge in [-0.15, -0.1) is 0 Å². The Morgan fingerprint density at radius 1 is 0.840 bits per heavy atom. The number of rotatable bonds is 6. The summed E-state index contributed by atoms with van der Waals surface area (Å²) in [6, 6.07) is 18.7. The zero-order valence-electron chi connectivity index (χ0n) is 14.3. The molecule has 1 aliphatic heterocycles. The zero-order valence-corrected chi connectivity index (χ0v) is 14.3. The van der Waals surface area contributed by atoms with E-state index in [1.807, 2.05) is 60.7 Å². The fraction of sp³-hybridized carbons (Fsp3) is 0.333. The number of piperidine rings is 1. The lowest BCUT2D eigenvalue weighted by molar-refractivity contribution is 0.0656. The minimum Gasteiger partial charge on any atom is -0.329 e. The van der Waals surface area contributed by atoms with Crippen molar-refractivity contribution in [3.8, 4) is 0 Å². The number of hydrogen-bond donors (Lipinski definition) is 1. The molecule has 0 radical (unpaired) electrons. The second-order valence-corrected chi connectivity index (χ2v) is 6.64. The molecule has 2 aromatic carbocycles. The van der Waals surface area contributed by atoms with Crippen molar-refractivity contribution in [3.05, 3.63) is 71.8 Å². The molecule has 130 valence electrons. The molecule has 0 aliphatic carbocycles. The van der Waals surface area contributed by atoms with Crippen LogP contribution in [-0.2, 0) is 0 Å². The number of nitrogens with two attached hydrogens (primary N) is 1. The molecule has 1 heterocycles. The Bertz CT molecular complexity index is 656. The summed E-state index contributed by atoms with van der Waals surface area (Å²) < 4.78 is 0. The van der Waals surface area contributed by atoms with Crippen molar-refractivity contribution in [3.63, 3.8) is 0 Å². The molecule has 2 aromatic rings. The van der Waals surface area contributed by atoms with E-state index in [4.69, 9.17) is 5.73 Å². The molecule has 0 spiro atoms. The Morgan fingerprint density at radius 3 is 1.68 bits per heavy atom. The smallest absolute Gasteiger partial charge is 0.167 e. The summed E-state index contributed by atoms with van der Waals surface area (Å²) in [5.41, 5.74) is 7.14. The van der Waals surface area contributed by atoms with Gasteiger partial charge in [-0.2, -0.15) is 0 Å². The molecule has 25 heavy (non-hydrogen) atoms. The van der Waals surface area contributed by atoms with Gasteiger partial charge in [0.2, 0.25) is 0 Å². The summed E-state index contributed by atoms with van der Waals surface area (Å²) in [5, 5.41) is 0. The number of benzene rings is 2. The largest absolute Gasteiger partial charge is 0.329 e. The van der Waals surface area contributed by atoms with Crippen molar-refractivity contribution in [2.45, 2.75) is 6.42 Å². The second kappa shape index (κ2) is 8.19. The van der Waals surface area contributed by atoms with E-state index in [0.29, 0.717) is 43.7 Å². The standard InChI is InChI=1S/C21H24N2O2/c22-11-12-23-14-18(20(24)16-7-3-1-4-8-16)13-19(15-23)21(25)17-9-5-2-6-10-17/h1-10,18-19H,11-15,22H2. The average molecular weight is 336 g/mol. The number of Topliss-reactive ketones (excluding diaryl/α,β-unsaturated/α-hetero) is 2. The van der Waals surface area contributed by atoms with Crippen molar-refractivity contribution in [1.29, 1.82) is 0 Å². The fourth-order valence-electron chi connectivity index (χ4n) is 3.61. The molecular weight excluding hydrogens is 312 g/mol. The van der Waals surface area contributed by atoms with Crippen molar-refractivity contribution in [2.24, 2.45) is 17.6 Å². The van der Waals surface area contributed by atoms with Crippen molar-refractivity contribution in [1.82, 2.24) is 4.90 Å². The highest BCUT2D eigenvalue weighted by atomic mass is 16.1. The molecule has 2 atom stereocenters. The number of nitrogens with zero attached hydrogens (tertiary/aromatic N) is 1. The molecule has 0 aromatic heterocycles. The Morgan fingerprint density at radius 2 is 1.28 bits per heavy atom. The third-order valence-electron chi connectivity index (χ3n) is 4.83. The molecule has 1 aliphatic rings. The van der Waals surface area contributed by atoms with Crippen LogP contribution in [0.4, 0.5) is 0 Å². The van der Waals surface area contributed by atoms with Crippen LogP contribution in [0.15, 0.2) is 60.7 Å². The van der Waals surface area contributed by atoms with E-state index < -0.39 is 0 Å². The van der Waals surface area contributed by atoms with Gasteiger partial charge < -0.3 is 10.6 Å². The van der Waals surface area contributed by atoms with Crippen LogP contribution < -0.4 is 5.73 Å². The summed E-state index contributed by atoms with van der Waals surface area (Å²) >= 11 is 0. The van der Waals surface area contributed by atoms with Crippen molar-refractivity contribution >= 4 is 11.6 Å². The molecule has 2 unspecified atom stereocenters. The number of likely N-dealkylation sites (tertiary alicyclic amines) is 1. The van der Waals surface area contributed by atoms with Crippen LogP contribution in [0.25, 0.3) is 0 Å². The third-order valence-corrected chi connectivity index (χ3v) is 4.83. The van der Waals surface area contributed by atoms with E-state index in [9.17, 15) is 9.59 Å². The van der Waals surface area contributed by atoms with Gasteiger partial charge in [0.05, 0.1) is 0 Å². The first-order valence-electron chi connectivity index (χ1n) is 8.80. The van der Waals surface area contributed by atoms with E-state index in [-0.39, 0.29) is 23.4 Å². The molecule has 0 amide bonds. The van der Waals surface area contributed by atoms with E-state index in [1.54, 1.807) is 0 Å². The minimum atomic E-state index is -0.166. The average Bonchev–Trinajstić information content (AvgIpc) is 2.68. The first-order valence-corrected chi connectivity index (χ1v) is 8.80. The quantitative estimate of drug-likeness (QED) is 0.824. The molecule has 2 N–H and O–H groups in total. The van der Waals surface area contributed by atoms with Crippen LogP contribution in [0.1, 0.15) is 27.1 Å². The maximum atomic E-state index is 12.9. The summed E-state index contributed by atoms with van der Waals surface area (Å²) in [6.07, 6.45) is 0.600. The zero-order chi connectivity index (χ0) is 17.6. The maximum Gasteiger partial charge on any atom is 0.167 e. The lowest BCUT2D eigenvalue weighted by atomic mass is 9.81. The minimum absolute atomic E-state index is 0.119. The van der Waals surface area contributed by atoms with E-state index >= 15 is 0 Å². The molecule has 3 rings (SSSR count). The van der Waals surface area contributed by atoms with Crippen LogP contribution in [0.3, 0.4) is 0 Å². The van der Waals surface area contributed by atoms with Gasteiger partial charge in [0.25, 0.3) is 0 Å². The predicted molar refractivity (Wildman–Crippen MR) is 98.6 cm³/mol. The molecule has 1 saturated heterocycles. The summed E-state index contributed by atoms with van der Waals surface area (Å²) in [7, 11) is 0. The van der Waals surface area contributed by atoms with Gasteiger partial charge in [-0.05, 0) is 6.42 Å². The topological polar surface area (TPSA) is 63.4 Å². The Labute approximate surface area is 148 Å². The first kappa shape index (κ1) is 17.5. The van der Waals surface area contributed by atoms with E-state index in [2.05, 4.69) is 4.90 Å². The second-order valence-electron chi connectivity index (χ2n) is 6.64. The van der Waals surface area contributed by atoms with Gasteiger partial charge in [-0.1, -0.05) is 60.7 Å². The van der Waals surface area contributed by atoms with Crippen molar-refractivity contribution in [2.75, 3.05) is 26.2 Å². The van der Waals surface area contributed by atoms with Gasteiger partial charge in [0, 0.05) is 49.1 Å². The van der Waals surface area contributed by atoms with E-state index in [1.165, 1.54) is 0 Å². The Hall–Kier alpha value is -2.30. The van der Waals surface area contributed by atoms with Gasteiger partial charge in [-0.3, -0.25) is 9.59 Å². The highest BCUT2D eigenvalue weighted by molar-refractivity contribution is 6.00. The van der Waals surface area contributed by atoms with Gasteiger partial charge in [-0.25, -0.2) is 0 Å². The molecule has 0 bridgehead atoms. The predicted octanol–water partition coefficient (Wildman–Crippen LogP) is 2.65. The van der Waals surface area contributed by atoms with E-state index in [0.717, 1.165) is 0 Å². The molecule has 4 heteroatoms. The van der Waals surface area contributed by atoms with Crippen LogP contribution in [0, 0.1) is 11.8 Å². The highest BCUT2D eigenvalue weighted by Crippen LogP contribution is 2.27. The molecule has 1 fully saturated rings. The summed E-state index contributed by atoms with van der Waals surface area (Å²) in [4.78, 5) is 27.9. The summed E-state index contributed by atoms with van der Waals surface area (Å²) in [5.74, 6) is -0.0953. The lowest BCUT2D eigenvalue weighted by Crippen LogP contribution is -2.47. The third kappa shape index (κ3) is 4.21. The maximum absolute atomic E-state index is 12.9.